The third-order valence-corrected chi connectivity index (χ3v) is 5.63. The van der Waals surface area contributed by atoms with Crippen LogP contribution in [0.15, 0.2) is 22.7 Å². The van der Waals surface area contributed by atoms with Gasteiger partial charge in [0.05, 0.1) is 7.11 Å². The lowest BCUT2D eigenvalue weighted by Gasteiger charge is -2.40. The van der Waals surface area contributed by atoms with Gasteiger partial charge in [0.2, 0.25) is 0 Å². The lowest BCUT2D eigenvalue weighted by Crippen LogP contribution is -2.34. The molecule has 1 aromatic carbocycles. The van der Waals surface area contributed by atoms with E-state index in [9.17, 15) is 0 Å². The molecule has 1 saturated carbocycles. The molecule has 1 aliphatic carbocycles. The van der Waals surface area contributed by atoms with Gasteiger partial charge in [0.1, 0.15) is 5.75 Å². The topological polar surface area (TPSA) is 12.5 Å². The van der Waals surface area contributed by atoms with Crippen molar-refractivity contribution in [3.8, 4) is 5.75 Å². The lowest BCUT2D eigenvalue weighted by atomic mass is 9.65. The Hall–Kier alpha value is -0.540. The number of hydrogen-bond acceptors (Lipinski definition) is 2. The van der Waals surface area contributed by atoms with E-state index in [1.807, 2.05) is 0 Å². The van der Waals surface area contributed by atoms with Crippen molar-refractivity contribution >= 4 is 15.9 Å². The van der Waals surface area contributed by atoms with E-state index in [2.05, 4.69) is 59.8 Å². The molecule has 0 N–H and O–H groups in total. The van der Waals surface area contributed by atoms with Gasteiger partial charge in [0.25, 0.3) is 0 Å². The van der Waals surface area contributed by atoms with Crippen LogP contribution >= 0.6 is 15.9 Å². The van der Waals surface area contributed by atoms with E-state index in [-0.39, 0.29) is 0 Å². The van der Waals surface area contributed by atoms with E-state index in [4.69, 9.17) is 4.74 Å². The molecule has 2 bridgehead atoms. The number of methoxy groups -OCH3 is 1. The van der Waals surface area contributed by atoms with Crippen molar-refractivity contribution in [2.45, 2.75) is 52.6 Å². The van der Waals surface area contributed by atoms with Gasteiger partial charge in [-0.3, -0.25) is 4.90 Å². The Balaban J connectivity index is 1.82. The van der Waals surface area contributed by atoms with Crippen LogP contribution in [0.3, 0.4) is 0 Å². The monoisotopic (exact) mass is 351 g/mol. The highest BCUT2D eigenvalue weighted by atomic mass is 79.9. The molecule has 1 aromatic rings. The van der Waals surface area contributed by atoms with Crippen LogP contribution in [0.4, 0.5) is 0 Å². The molecule has 1 saturated heterocycles. The molecule has 2 nitrogen and oxygen atoms in total. The molecular formula is C18H26BrNO. The van der Waals surface area contributed by atoms with Gasteiger partial charge in [-0.15, -0.1) is 0 Å². The van der Waals surface area contributed by atoms with Crippen LogP contribution in [0.2, 0.25) is 0 Å². The van der Waals surface area contributed by atoms with E-state index >= 15 is 0 Å². The maximum atomic E-state index is 5.54. The smallest absolute Gasteiger partial charge is 0.123 e. The fourth-order valence-electron chi connectivity index (χ4n) is 4.85. The van der Waals surface area contributed by atoms with E-state index in [1.54, 1.807) is 7.11 Å². The summed E-state index contributed by atoms with van der Waals surface area (Å²) in [5.41, 5.74) is 2.26. The minimum Gasteiger partial charge on any atom is -0.496 e. The van der Waals surface area contributed by atoms with Crippen LogP contribution in [0.5, 0.6) is 5.75 Å². The molecule has 0 amide bonds. The van der Waals surface area contributed by atoms with Crippen LogP contribution in [-0.4, -0.2) is 24.6 Å². The minimum atomic E-state index is 0.480. The summed E-state index contributed by atoms with van der Waals surface area (Å²) in [5.74, 6) is 1.00. The highest BCUT2D eigenvalue weighted by Gasteiger charge is 2.49. The quantitative estimate of drug-likeness (QED) is 0.770. The van der Waals surface area contributed by atoms with Crippen LogP contribution in [0.1, 0.15) is 45.6 Å². The molecule has 0 spiro atoms. The summed E-state index contributed by atoms with van der Waals surface area (Å²) < 4.78 is 6.67. The minimum absolute atomic E-state index is 0.480. The number of likely N-dealkylation sites (tertiary alicyclic amines) is 1. The molecule has 3 heteroatoms. The van der Waals surface area contributed by atoms with E-state index < -0.39 is 0 Å². The van der Waals surface area contributed by atoms with Crippen LogP contribution < -0.4 is 4.74 Å². The van der Waals surface area contributed by atoms with Crippen LogP contribution in [-0.2, 0) is 6.54 Å². The summed E-state index contributed by atoms with van der Waals surface area (Å²) >= 11 is 3.59. The predicted molar refractivity (Wildman–Crippen MR) is 90.6 cm³/mol. The van der Waals surface area contributed by atoms with E-state index in [0.717, 1.165) is 22.8 Å². The van der Waals surface area contributed by atoms with Gasteiger partial charge in [0.15, 0.2) is 0 Å². The summed E-state index contributed by atoms with van der Waals surface area (Å²) in [7, 11) is 1.76. The molecule has 2 fully saturated rings. The average Bonchev–Trinajstić information content (AvgIpc) is 2.58. The van der Waals surface area contributed by atoms with E-state index in [1.165, 1.54) is 31.4 Å². The summed E-state index contributed by atoms with van der Waals surface area (Å²) in [4.78, 5) is 2.68. The van der Waals surface area contributed by atoms with Gasteiger partial charge in [0, 0.05) is 29.2 Å². The van der Waals surface area contributed by atoms with Crippen molar-refractivity contribution in [2.75, 3.05) is 13.7 Å². The summed E-state index contributed by atoms with van der Waals surface area (Å²) in [6.45, 7) is 9.55. The zero-order chi connectivity index (χ0) is 15.3. The van der Waals surface area contributed by atoms with Gasteiger partial charge >= 0.3 is 0 Å². The zero-order valence-corrected chi connectivity index (χ0v) is 15.2. The zero-order valence-electron chi connectivity index (χ0n) is 13.6. The van der Waals surface area contributed by atoms with E-state index in [0.29, 0.717) is 10.8 Å². The summed E-state index contributed by atoms with van der Waals surface area (Å²) in [5, 5.41) is 0. The molecule has 3 rings (SSSR count). The number of nitrogens with zero attached hydrogens (tertiary/aromatic N) is 1. The molecule has 1 heterocycles. The Morgan fingerprint density at radius 1 is 1.29 bits per heavy atom. The number of fused-ring (bicyclic) bond motifs is 2. The van der Waals surface area contributed by atoms with Crippen LogP contribution in [0, 0.1) is 10.8 Å². The molecule has 2 aliphatic rings. The second-order valence-electron chi connectivity index (χ2n) is 8.07. The number of hydrogen-bond donors (Lipinski definition) is 0. The Bertz CT molecular complexity index is 542. The first-order valence-corrected chi connectivity index (χ1v) is 8.66. The fourth-order valence-corrected chi connectivity index (χ4v) is 5.26. The molecule has 21 heavy (non-hydrogen) atoms. The molecule has 0 aromatic heterocycles. The maximum Gasteiger partial charge on any atom is 0.123 e. The fraction of sp³-hybridized carbons (Fsp3) is 0.667. The van der Waals surface area contributed by atoms with Gasteiger partial charge in [-0.1, -0.05) is 36.7 Å². The van der Waals surface area contributed by atoms with Crippen LogP contribution in [0.25, 0.3) is 0 Å². The largest absolute Gasteiger partial charge is 0.496 e. The van der Waals surface area contributed by atoms with Crippen molar-refractivity contribution < 1.29 is 4.74 Å². The Labute approximate surface area is 137 Å². The Morgan fingerprint density at radius 3 is 2.76 bits per heavy atom. The van der Waals surface area contributed by atoms with Gasteiger partial charge in [-0.05, 0) is 48.3 Å². The number of halogens is 1. The number of ether oxygens (including phenoxy) is 1. The third-order valence-electron chi connectivity index (χ3n) is 5.14. The van der Waals surface area contributed by atoms with Crippen molar-refractivity contribution in [1.29, 1.82) is 0 Å². The normalized spacial score (nSPS) is 31.4. The number of rotatable bonds is 3. The third kappa shape index (κ3) is 3.14. The molecule has 2 atom stereocenters. The first-order valence-electron chi connectivity index (χ1n) is 7.87. The number of benzene rings is 1. The van der Waals surface area contributed by atoms with Gasteiger partial charge in [-0.2, -0.15) is 0 Å². The first-order chi connectivity index (χ1) is 9.80. The summed E-state index contributed by atoms with van der Waals surface area (Å²) in [6, 6.07) is 7.04. The van der Waals surface area contributed by atoms with Crippen molar-refractivity contribution in [2.24, 2.45) is 10.8 Å². The van der Waals surface area contributed by atoms with Gasteiger partial charge in [-0.25, -0.2) is 0 Å². The lowest BCUT2D eigenvalue weighted by molar-refractivity contribution is 0.126. The Morgan fingerprint density at radius 2 is 2.05 bits per heavy atom. The molecular weight excluding hydrogens is 326 g/mol. The first kappa shape index (κ1) is 15.4. The predicted octanol–water partition coefficient (Wildman–Crippen LogP) is 4.86. The molecule has 1 aliphatic heterocycles. The highest BCUT2D eigenvalue weighted by Crippen LogP contribution is 2.52. The second-order valence-corrected chi connectivity index (χ2v) is 8.99. The SMILES string of the molecule is COc1ccc(Br)cc1CN1C[C@@]2(C)C[C@H]1CC(C)(C)C2. The van der Waals surface area contributed by atoms with Crippen molar-refractivity contribution in [3.63, 3.8) is 0 Å². The maximum absolute atomic E-state index is 5.54. The Kier molecular flexibility index (Phi) is 3.86. The van der Waals surface area contributed by atoms with Crippen molar-refractivity contribution in [1.82, 2.24) is 4.90 Å². The highest BCUT2D eigenvalue weighted by molar-refractivity contribution is 9.10. The second kappa shape index (κ2) is 5.27. The van der Waals surface area contributed by atoms with Gasteiger partial charge < -0.3 is 4.74 Å². The molecule has 0 unspecified atom stereocenters. The standard InChI is InChI=1S/C18H26BrNO/c1-17(2)8-15-9-18(3,11-17)12-20(15)10-13-7-14(19)5-6-16(13)21-4/h5-7,15H,8-12H2,1-4H3/t15-,18+/m1/s1. The molecule has 0 radical (unpaired) electrons. The molecule has 116 valence electrons. The van der Waals surface area contributed by atoms with Crippen molar-refractivity contribution in [3.05, 3.63) is 28.2 Å². The summed E-state index contributed by atoms with van der Waals surface area (Å²) in [6.07, 6.45) is 4.02. The average molecular weight is 352 g/mol.